The third-order valence-corrected chi connectivity index (χ3v) is 5.16. The van der Waals surface area contributed by atoms with Crippen molar-refractivity contribution in [1.82, 2.24) is 9.88 Å². The van der Waals surface area contributed by atoms with Crippen LogP contribution in [0.25, 0.3) is 10.9 Å². The Hall–Kier alpha value is -3.52. The van der Waals surface area contributed by atoms with Gasteiger partial charge in [0.2, 0.25) is 5.91 Å². The lowest BCUT2D eigenvalue weighted by Crippen LogP contribution is -2.27. The number of pyridine rings is 1. The Kier molecular flexibility index (Phi) is 4.86. The van der Waals surface area contributed by atoms with Gasteiger partial charge in [0.15, 0.2) is 5.78 Å². The molecule has 2 aromatic carbocycles. The van der Waals surface area contributed by atoms with E-state index < -0.39 is 11.8 Å². The lowest BCUT2D eigenvalue weighted by atomic mass is 9.90. The molecule has 4 rings (SSSR count). The summed E-state index contributed by atoms with van der Waals surface area (Å²) in [6.45, 7) is 0.827. The Morgan fingerprint density at radius 1 is 1.11 bits per heavy atom. The third kappa shape index (κ3) is 3.49. The van der Waals surface area contributed by atoms with E-state index in [0.717, 1.165) is 16.5 Å². The predicted molar refractivity (Wildman–Crippen MR) is 105 cm³/mol. The summed E-state index contributed by atoms with van der Waals surface area (Å²) in [5.74, 6) is -1.72. The fraction of sp³-hybridized carbons (Fsp3) is 0.217. The molecular weight excluding hydrogens is 350 g/mol. The zero-order chi connectivity index (χ0) is 19.5. The van der Waals surface area contributed by atoms with Gasteiger partial charge in [-0.1, -0.05) is 54.6 Å². The van der Waals surface area contributed by atoms with Crippen molar-refractivity contribution in [1.29, 1.82) is 5.26 Å². The largest absolute Gasteiger partial charge is 0.338 e. The minimum absolute atomic E-state index is 0.0506. The predicted octanol–water partition coefficient (Wildman–Crippen LogP) is 3.46. The number of hydrogen-bond acceptors (Lipinski definition) is 4. The Labute approximate surface area is 163 Å². The molecule has 1 aliphatic rings. The van der Waals surface area contributed by atoms with E-state index in [9.17, 15) is 14.9 Å². The molecule has 2 heterocycles. The van der Waals surface area contributed by atoms with E-state index in [1.807, 2.05) is 60.7 Å². The van der Waals surface area contributed by atoms with Crippen molar-refractivity contribution in [3.8, 4) is 6.07 Å². The van der Waals surface area contributed by atoms with Crippen LogP contribution in [0.5, 0.6) is 0 Å². The molecule has 1 aliphatic heterocycles. The van der Waals surface area contributed by atoms with Crippen molar-refractivity contribution in [2.75, 3.05) is 6.54 Å². The minimum Gasteiger partial charge on any atom is -0.338 e. The number of carbonyl (C=O) groups is 2. The number of nitrogens with zero attached hydrogens (tertiary/aromatic N) is 3. The molecule has 0 N–H and O–H groups in total. The number of aromatic nitrogens is 1. The molecule has 1 fully saturated rings. The molecule has 5 heteroatoms. The van der Waals surface area contributed by atoms with Gasteiger partial charge in [-0.2, -0.15) is 5.26 Å². The number of hydrogen-bond donors (Lipinski definition) is 0. The highest BCUT2D eigenvalue weighted by Gasteiger charge is 2.38. The maximum Gasteiger partial charge on any atom is 0.223 e. The zero-order valence-corrected chi connectivity index (χ0v) is 15.3. The fourth-order valence-corrected chi connectivity index (χ4v) is 3.67. The summed E-state index contributed by atoms with van der Waals surface area (Å²) in [5.41, 5.74) is 2.22. The lowest BCUT2D eigenvalue weighted by molar-refractivity contribution is -0.129. The van der Waals surface area contributed by atoms with Gasteiger partial charge in [-0.15, -0.1) is 0 Å². The number of benzene rings is 2. The normalized spacial score (nSPS) is 17.5. The summed E-state index contributed by atoms with van der Waals surface area (Å²) in [5, 5.41) is 10.6. The monoisotopic (exact) mass is 369 g/mol. The first-order valence-corrected chi connectivity index (χ1v) is 9.26. The van der Waals surface area contributed by atoms with Crippen molar-refractivity contribution < 1.29 is 9.59 Å². The van der Waals surface area contributed by atoms with Crippen molar-refractivity contribution in [3.63, 3.8) is 0 Å². The number of para-hydroxylation sites is 1. The maximum atomic E-state index is 13.0. The number of ketones is 1. The zero-order valence-electron chi connectivity index (χ0n) is 15.3. The lowest BCUT2D eigenvalue weighted by Gasteiger charge is -2.17. The van der Waals surface area contributed by atoms with Crippen LogP contribution in [0.15, 0.2) is 66.7 Å². The van der Waals surface area contributed by atoms with Crippen molar-refractivity contribution in [2.45, 2.75) is 18.9 Å². The Balaban J connectivity index is 1.52. The first-order chi connectivity index (χ1) is 13.7. The Bertz CT molecular complexity index is 1070. The van der Waals surface area contributed by atoms with Gasteiger partial charge in [-0.3, -0.25) is 14.6 Å². The van der Waals surface area contributed by atoms with Crippen LogP contribution < -0.4 is 0 Å². The molecule has 28 heavy (non-hydrogen) atoms. The second-order valence-corrected chi connectivity index (χ2v) is 7.05. The van der Waals surface area contributed by atoms with Crippen molar-refractivity contribution >= 4 is 22.6 Å². The summed E-state index contributed by atoms with van der Waals surface area (Å²) in [4.78, 5) is 31.6. The molecule has 0 radical (unpaired) electrons. The van der Waals surface area contributed by atoms with Crippen molar-refractivity contribution in [2.24, 2.45) is 5.92 Å². The number of likely N-dealkylation sites (tertiary alicyclic amines) is 1. The molecule has 3 aromatic rings. The first-order valence-electron chi connectivity index (χ1n) is 9.26. The number of rotatable bonds is 5. The molecule has 0 spiro atoms. The third-order valence-electron chi connectivity index (χ3n) is 5.16. The Morgan fingerprint density at radius 3 is 2.64 bits per heavy atom. The molecule has 0 aliphatic carbocycles. The van der Waals surface area contributed by atoms with Crippen LogP contribution in [0.3, 0.4) is 0 Å². The Morgan fingerprint density at radius 2 is 1.86 bits per heavy atom. The van der Waals surface area contributed by atoms with Crippen LogP contribution in [0.2, 0.25) is 0 Å². The SMILES string of the molecule is N#C[C@H](C(=O)[C@@H]1CC(=O)N(Cc2ccccc2)C1)c1ccc2ccccc2n1. The average Bonchev–Trinajstić information content (AvgIpc) is 3.09. The highest BCUT2D eigenvalue weighted by molar-refractivity contribution is 5.96. The standard InChI is InChI=1S/C23H19N3O2/c24-13-19(21-11-10-17-8-4-5-9-20(17)25-21)23(28)18-12-22(27)26(15-18)14-16-6-2-1-3-7-16/h1-11,18-19H,12,14-15H2/t18-,19+/m1/s1. The molecule has 1 aromatic heterocycles. The number of nitriles is 1. The minimum atomic E-state index is -0.959. The summed E-state index contributed by atoms with van der Waals surface area (Å²) in [6.07, 6.45) is 0.150. The number of amides is 1. The first kappa shape index (κ1) is 17.9. The van der Waals surface area contributed by atoms with Gasteiger partial charge in [0.1, 0.15) is 5.92 Å². The van der Waals surface area contributed by atoms with E-state index in [1.165, 1.54) is 0 Å². The fourth-order valence-electron chi connectivity index (χ4n) is 3.67. The molecule has 2 atom stereocenters. The van der Waals surface area contributed by atoms with Crippen molar-refractivity contribution in [3.05, 3.63) is 78.0 Å². The summed E-state index contributed by atoms with van der Waals surface area (Å²) < 4.78 is 0. The molecule has 0 unspecified atom stereocenters. The number of fused-ring (bicyclic) bond motifs is 1. The quantitative estimate of drug-likeness (QED) is 0.690. The molecule has 1 saturated heterocycles. The van der Waals surface area contributed by atoms with E-state index in [4.69, 9.17) is 0 Å². The second kappa shape index (κ2) is 7.61. The highest BCUT2D eigenvalue weighted by atomic mass is 16.2. The van der Waals surface area contributed by atoms with Gasteiger partial charge >= 0.3 is 0 Å². The molecule has 1 amide bonds. The average molecular weight is 369 g/mol. The molecule has 138 valence electrons. The van der Waals surface area contributed by atoms with Gasteiger partial charge in [0.25, 0.3) is 0 Å². The van der Waals surface area contributed by atoms with Gasteiger partial charge in [0.05, 0.1) is 17.3 Å². The van der Waals surface area contributed by atoms with E-state index in [2.05, 4.69) is 11.1 Å². The van der Waals surface area contributed by atoms with Crippen LogP contribution in [0.1, 0.15) is 23.6 Å². The van der Waals surface area contributed by atoms with E-state index in [-0.39, 0.29) is 18.1 Å². The smallest absolute Gasteiger partial charge is 0.223 e. The summed E-state index contributed by atoms with van der Waals surface area (Å²) in [7, 11) is 0. The van der Waals surface area contributed by atoms with E-state index in [0.29, 0.717) is 18.8 Å². The maximum absolute atomic E-state index is 13.0. The van der Waals surface area contributed by atoms with Crippen LogP contribution in [-0.4, -0.2) is 28.1 Å². The molecule has 5 nitrogen and oxygen atoms in total. The number of carbonyl (C=O) groups excluding carboxylic acids is 2. The summed E-state index contributed by atoms with van der Waals surface area (Å²) >= 11 is 0. The van der Waals surface area contributed by atoms with Gasteiger partial charge in [0, 0.05) is 30.8 Å². The van der Waals surface area contributed by atoms with Crippen LogP contribution in [-0.2, 0) is 16.1 Å². The molecular formula is C23H19N3O2. The topological polar surface area (TPSA) is 74.1 Å². The molecule has 0 saturated carbocycles. The van der Waals surface area contributed by atoms with Gasteiger partial charge in [-0.05, 0) is 17.7 Å². The van der Waals surface area contributed by atoms with Gasteiger partial charge in [-0.25, -0.2) is 0 Å². The van der Waals surface area contributed by atoms with Crippen LogP contribution in [0, 0.1) is 17.2 Å². The highest BCUT2D eigenvalue weighted by Crippen LogP contribution is 2.28. The molecule has 0 bridgehead atoms. The summed E-state index contributed by atoms with van der Waals surface area (Å²) in [6, 6.07) is 23.0. The second-order valence-electron chi connectivity index (χ2n) is 7.05. The number of Topliss-reactive ketones (excluding diaryl/α,β-unsaturated/α-hetero) is 1. The van der Waals surface area contributed by atoms with Crippen LogP contribution in [0.4, 0.5) is 0 Å². The van der Waals surface area contributed by atoms with Crippen LogP contribution >= 0.6 is 0 Å². The van der Waals surface area contributed by atoms with Gasteiger partial charge < -0.3 is 4.90 Å². The van der Waals surface area contributed by atoms with E-state index >= 15 is 0 Å². The van der Waals surface area contributed by atoms with E-state index in [1.54, 1.807) is 11.0 Å².